The van der Waals surface area contributed by atoms with E-state index in [0.29, 0.717) is 30.9 Å². The molecule has 1 N–H and O–H groups in total. The molecule has 8 heteroatoms. The summed E-state index contributed by atoms with van der Waals surface area (Å²) in [5.74, 6) is 0.525. The van der Waals surface area contributed by atoms with Crippen LogP contribution in [0.4, 0.5) is 17.2 Å². The van der Waals surface area contributed by atoms with E-state index in [-0.39, 0.29) is 17.9 Å². The zero-order chi connectivity index (χ0) is 20.7. The van der Waals surface area contributed by atoms with Gasteiger partial charge in [-0.1, -0.05) is 18.2 Å². The van der Waals surface area contributed by atoms with Crippen LogP contribution >= 0.6 is 0 Å². The van der Waals surface area contributed by atoms with Crippen molar-refractivity contribution in [1.29, 1.82) is 0 Å². The van der Waals surface area contributed by atoms with Crippen LogP contribution in [0.2, 0.25) is 0 Å². The minimum absolute atomic E-state index is 0.00127. The first-order valence-electron chi connectivity index (χ1n) is 10.0. The van der Waals surface area contributed by atoms with E-state index in [9.17, 15) is 9.59 Å². The number of amides is 2. The van der Waals surface area contributed by atoms with Crippen LogP contribution in [0.1, 0.15) is 22.3 Å². The summed E-state index contributed by atoms with van der Waals surface area (Å²) in [5, 5.41) is 7.33. The lowest BCUT2D eigenvalue weighted by molar-refractivity contribution is -0.117. The zero-order valence-corrected chi connectivity index (χ0v) is 16.7. The SMILES string of the molecule is Cn1cc(N2CCC(Nc3ccc(C(=O)N4CCc5ccccc54)cn3)C2=O)cn1. The number of anilines is 3. The fourth-order valence-electron chi connectivity index (χ4n) is 4.11. The number of carbonyl (C=O) groups excluding carboxylic acids is 2. The second-order valence-electron chi connectivity index (χ2n) is 7.62. The van der Waals surface area contributed by atoms with E-state index in [1.807, 2.05) is 31.4 Å². The summed E-state index contributed by atoms with van der Waals surface area (Å²) < 4.78 is 1.68. The van der Waals surface area contributed by atoms with Crippen LogP contribution < -0.4 is 15.1 Å². The number of aryl methyl sites for hydroxylation is 1. The molecule has 1 atom stereocenters. The van der Waals surface area contributed by atoms with Crippen LogP contribution in [-0.4, -0.2) is 45.7 Å². The normalized spacial score (nSPS) is 18.0. The summed E-state index contributed by atoms with van der Waals surface area (Å²) >= 11 is 0. The Balaban J connectivity index is 1.26. The molecule has 1 fully saturated rings. The van der Waals surface area contributed by atoms with E-state index in [1.165, 1.54) is 5.56 Å². The van der Waals surface area contributed by atoms with Gasteiger partial charge < -0.3 is 15.1 Å². The topological polar surface area (TPSA) is 83.4 Å². The maximum Gasteiger partial charge on any atom is 0.259 e. The van der Waals surface area contributed by atoms with Gasteiger partial charge in [0.05, 0.1) is 17.4 Å². The molecule has 8 nitrogen and oxygen atoms in total. The van der Waals surface area contributed by atoms with Gasteiger partial charge in [-0.3, -0.25) is 14.3 Å². The van der Waals surface area contributed by atoms with E-state index in [1.54, 1.807) is 39.0 Å². The number of hydrogen-bond acceptors (Lipinski definition) is 5. The van der Waals surface area contributed by atoms with Gasteiger partial charge >= 0.3 is 0 Å². The van der Waals surface area contributed by atoms with Crippen molar-refractivity contribution in [3.05, 3.63) is 66.1 Å². The van der Waals surface area contributed by atoms with Gasteiger partial charge in [-0.05, 0) is 36.6 Å². The van der Waals surface area contributed by atoms with E-state index in [4.69, 9.17) is 0 Å². The van der Waals surface area contributed by atoms with Crippen molar-refractivity contribution in [3.63, 3.8) is 0 Å². The van der Waals surface area contributed by atoms with Gasteiger partial charge in [0.25, 0.3) is 5.91 Å². The Bertz CT molecular complexity index is 1110. The van der Waals surface area contributed by atoms with Gasteiger partial charge in [0.15, 0.2) is 0 Å². The maximum absolute atomic E-state index is 12.9. The molecule has 3 aromatic rings. The average Bonchev–Trinajstić information content (AvgIpc) is 3.47. The Morgan fingerprint density at radius 3 is 2.77 bits per heavy atom. The largest absolute Gasteiger partial charge is 0.358 e. The monoisotopic (exact) mass is 402 g/mol. The first-order valence-corrected chi connectivity index (χ1v) is 10.0. The van der Waals surface area contributed by atoms with Gasteiger partial charge in [0.2, 0.25) is 5.91 Å². The molecule has 30 heavy (non-hydrogen) atoms. The predicted molar refractivity (Wildman–Crippen MR) is 114 cm³/mol. The fourth-order valence-corrected chi connectivity index (χ4v) is 4.11. The highest BCUT2D eigenvalue weighted by molar-refractivity contribution is 6.07. The second-order valence-corrected chi connectivity index (χ2v) is 7.62. The highest BCUT2D eigenvalue weighted by Gasteiger charge is 2.33. The number of nitrogens with zero attached hydrogens (tertiary/aromatic N) is 5. The van der Waals surface area contributed by atoms with Gasteiger partial charge in [0, 0.05) is 38.2 Å². The number of aromatic nitrogens is 3. The van der Waals surface area contributed by atoms with E-state index >= 15 is 0 Å². The minimum Gasteiger partial charge on any atom is -0.358 e. The van der Waals surface area contributed by atoms with E-state index < -0.39 is 0 Å². The van der Waals surface area contributed by atoms with Crippen molar-refractivity contribution >= 4 is 29.0 Å². The fraction of sp³-hybridized carbons (Fsp3) is 0.273. The number of benzene rings is 1. The molecular weight excluding hydrogens is 380 g/mol. The molecule has 0 spiro atoms. The standard InChI is InChI=1S/C22H22N6O2/c1-26-14-17(13-24-26)27-11-9-18(22(27)30)25-20-7-6-16(12-23-20)21(29)28-10-8-15-4-2-3-5-19(15)28/h2-7,12-14,18H,8-11H2,1H3,(H,23,25). The lowest BCUT2D eigenvalue weighted by Gasteiger charge is -2.18. The van der Waals surface area contributed by atoms with Crippen LogP contribution in [0, 0.1) is 0 Å². The Morgan fingerprint density at radius 2 is 2.00 bits per heavy atom. The van der Waals surface area contributed by atoms with Gasteiger partial charge in [-0.2, -0.15) is 5.10 Å². The quantitative estimate of drug-likeness (QED) is 0.724. The maximum atomic E-state index is 12.9. The smallest absolute Gasteiger partial charge is 0.259 e. The molecule has 4 heterocycles. The van der Waals surface area contributed by atoms with Gasteiger partial charge in [-0.25, -0.2) is 4.98 Å². The second kappa shape index (κ2) is 7.29. The van der Waals surface area contributed by atoms with Crippen molar-refractivity contribution in [1.82, 2.24) is 14.8 Å². The molecule has 1 aromatic carbocycles. The number of carbonyl (C=O) groups is 2. The third-order valence-electron chi connectivity index (χ3n) is 5.67. The number of para-hydroxylation sites is 1. The Morgan fingerprint density at radius 1 is 1.13 bits per heavy atom. The zero-order valence-electron chi connectivity index (χ0n) is 16.7. The number of rotatable bonds is 4. The summed E-state index contributed by atoms with van der Waals surface area (Å²) in [7, 11) is 1.83. The van der Waals surface area contributed by atoms with E-state index in [2.05, 4.69) is 21.5 Å². The van der Waals surface area contributed by atoms with Crippen molar-refractivity contribution < 1.29 is 9.59 Å². The molecule has 1 saturated heterocycles. The van der Waals surface area contributed by atoms with Crippen LogP contribution in [-0.2, 0) is 18.3 Å². The Labute approximate surface area is 174 Å². The van der Waals surface area contributed by atoms with Crippen LogP contribution in [0.15, 0.2) is 55.0 Å². The highest BCUT2D eigenvalue weighted by atomic mass is 16.2. The molecule has 0 saturated carbocycles. The van der Waals surface area contributed by atoms with Crippen LogP contribution in [0.25, 0.3) is 0 Å². The van der Waals surface area contributed by atoms with Crippen LogP contribution in [0.3, 0.4) is 0 Å². The number of nitrogens with one attached hydrogen (secondary N) is 1. The van der Waals surface area contributed by atoms with Crippen molar-refractivity contribution in [2.75, 3.05) is 28.2 Å². The molecule has 5 rings (SSSR count). The molecule has 2 amide bonds. The lowest BCUT2D eigenvalue weighted by atomic mass is 10.2. The van der Waals surface area contributed by atoms with Crippen molar-refractivity contribution in [3.8, 4) is 0 Å². The predicted octanol–water partition coefficient (Wildman–Crippen LogP) is 2.24. The summed E-state index contributed by atoms with van der Waals surface area (Å²) in [6.45, 7) is 1.31. The Kier molecular flexibility index (Phi) is 4.46. The summed E-state index contributed by atoms with van der Waals surface area (Å²) in [6.07, 6.45) is 6.64. The van der Waals surface area contributed by atoms with Crippen molar-refractivity contribution in [2.45, 2.75) is 18.9 Å². The summed E-state index contributed by atoms with van der Waals surface area (Å²) in [4.78, 5) is 33.5. The highest BCUT2D eigenvalue weighted by Crippen LogP contribution is 2.29. The minimum atomic E-state index is -0.343. The molecular formula is C22H22N6O2. The first-order chi connectivity index (χ1) is 14.6. The molecule has 0 radical (unpaired) electrons. The molecule has 2 aliphatic rings. The number of hydrogen-bond donors (Lipinski definition) is 1. The number of pyridine rings is 1. The lowest BCUT2D eigenvalue weighted by Crippen LogP contribution is -2.33. The third-order valence-corrected chi connectivity index (χ3v) is 5.67. The van der Waals surface area contributed by atoms with E-state index in [0.717, 1.165) is 17.8 Å². The summed E-state index contributed by atoms with van der Waals surface area (Å²) in [6, 6.07) is 11.2. The third kappa shape index (κ3) is 3.20. The first kappa shape index (κ1) is 18.4. The molecule has 0 bridgehead atoms. The molecule has 0 aliphatic carbocycles. The molecule has 152 valence electrons. The number of fused-ring (bicyclic) bond motifs is 1. The van der Waals surface area contributed by atoms with Gasteiger partial charge in [-0.15, -0.1) is 0 Å². The summed E-state index contributed by atoms with van der Waals surface area (Å²) in [5.41, 5.74) is 3.49. The molecule has 2 aromatic heterocycles. The van der Waals surface area contributed by atoms with Crippen molar-refractivity contribution in [2.24, 2.45) is 7.05 Å². The van der Waals surface area contributed by atoms with Crippen LogP contribution in [0.5, 0.6) is 0 Å². The average molecular weight is 402 g/mol. The Hall–Kier alpha value is -3.68. The molecule has 2 aliphatic heterocycles. The van der Waals surface area contributed by atoms with Gasteiger partial charge in [0.1, 0.15) is 11.9 Å². The molecule has 1 unspecified atom stereocenters.